The largest absolute Gasteiger partial charge is 0.495 e. The summed E-state index contributed by atoms with van der Waals surface area (Å²) in [5.41, 5.74) is -0.939. The van der Waals surface area contributed by atoms with Gasteiger partial charge in [-0.15, -0.1) is 11.8 Å². The number of nitrogens with zero attached hydrogens (tertiary/aromatic N) is 1. The Hall–Kier alpha value is -1.78. The van der Waals surface area contributed by atoms with Crippen LogP contribution >= 0.6 is 11.8 Å². The summed E-state index contributed by atoms with van der Waals surface area (Å²) in [5.74, 6) is 0.359. The van der Waals surface area contributed by atoms with E-state index in [1.807, 2.05) is 20.8 Å². The summed E-state index contributed by atoms with van der Waals surface area (Å²) >= 11 is 1.48. The van der Waals surface area contributed by atoms with Crippen molar-refractivity contribution < 1.29 is 22.7 Å². The lowest BCUT2D eigenvalue weighted by Crippen LogP contribution is -2.52. The molecule has 30 heavy (non-hydrogen) atoms. The van der Waals surface area contributed by atoms with Gasteiger partial charge in [-0.25, -0.2) is 13.1 Å². The highest BCUT2D eigenvalue weighted by molar-refractivity contribution is 7.99. The van der Waals surface area contributed by atoms with Gasteiger partial charge in [-0.2, -0.15) is 0 Å². The van der Waals surface area contributed by atoms with Gasteiger partial charge in [0, 0.05) is 22.4 Å². The summed E-state index contributed by atoms with van der Waals surface area (Å²) < 4.78 is 33.5. The lowest BCUT2D eigenvalue weighted by molar-refractivity contribution is -0.125. The van der Waals surface area contributed by atoms with Gasteiger partial charge in [-0.1, -0.05) is 0 Å². The van der Waals surface area contributed by atoms with Crippen LogP contribution in [0, 0.1) is 0 Å². The van der Waals surface area contributed by atoms with Crippen LogP contribution < -0.4 is 14.8 Å². The number of methoxy groups -OCH3 is 1. The molecule has 2 rings (SSSR count). The van der Waals surface area contributed by atoms with E-state index in [9.17, 15) is 18.0 Å². The summed E-state index contributed by atoms with van der Waals surface area (Å²) in [5, 5.41) is 2.90. The molecule has 1 heterocycles. The Kier molecular flexibility index (Phi) is 7.15. The normalized spacial score (nSPS) is 17.7. The lowest BCUT2D eigenvalue weighted by atomic mass is 10.1. The van der Waals surface area contributed by atoms with E-state index in [2.05, 4.69) is 10.0 Å². The van der Waals surface area contributed by atoms with E-state index >= 15 is 0 Å². The fourth-order valence-electron chi connectivity index (χ4n) is 2.96. The Labute approximate surface area is 183 Å². The van der Waals surface area contributed by atoms with Gasteiger partial charge in [0.1, 0.15) is 16.7 Å². The highest BCUT2D eigenvalue weighted by Gasteiger charge is 2.37. The predicted octanol–water partition coefficient (Wildman–Crippen LogP) is 2.20. The Balaban J connectivity index is 2.37. The summed E-state index contributed by atoms with van der Waals surface area (Å²) in [4.78, 5) is 27.2. The van der Waals surface area contributed by atoms with Gasteiger partial charge in [0.05, 0.1) is 13.0 Å². The zero-order valence-electron chi connectivity index (χ0n) is 18.5. The van der Waals surface area contributed by atoms with Crippen molar-refractivity contribution in [1.82, 2.24) is 14.9 Å². The molecule has 0 aromatic heterocycles. The van der Waals surface area contributed by atoms with E-state index in [-0.39, 0.29) is 22.1 Å². The quantitative estimate of drug-likeness (QED) is 0.702. The molecule has 8 nitrogen and oxygen atoms in total. The smallest absolute Gasteiger partial charge is 0.255 e. The van der Waals surface area contributed by atoms with E-state index < -0.39 is 33.1 Å². The third-order valence-corrected chi connectivity index (χ3v) is 6.88. The van der Waals surface area contributed by atoms with Gasteiger partial charge >= 0.3 is 0 Å². The van der Waals surface area contributed by atoms with Crippen LogP contribution in [0.1, 0.15) is 51.9 Å². The van der Waals surface area contributed by atoms with Crippen LogP contribution in [0.4, 0.5) is 0 Å². The topological polar surface area (TPSA) is 105 Å². The first-order valence-corrected chi connectivity index (χ1v) is 12.2. The van der Waals surface area contributed by atoms with Crippen LogP contribution in [-0.2, 0) is 14.8 Å². The SMILES string of the molecule is COc1ccc(C(=O)N2CSCC2C(=O)NC(C)(C)C)cc1S(=O)(=O)NC(C)(C)C. The fourth-order valence-corrected chi connectivity index (χ4v) is 5.72. The maximum Gasteiger partial charge on any atom is 0.255 e. The summed E-state index contributed by atoms with van der Waals surface area (Å²) in [6.07, 6.45) is 0. The maximum absolute atomic E-state index is 13.2. The van der Waals surface area contributed by atoms with Crippen LogP contribution in [-0.4, -0.2) is 61.0 Å². The molecule has 1 atom stereocenters. The number of benzene rings is 1. The number of carbonyl (C=O) groups excluding carboxylic acids is 2. The van der Waals surface area contributed by atoms with E-state index in [1.165, 1.54) is 42.0 Å². The second kappa shape index (κ2) is 8.76. The molecule has 0 aliphatic carbocycles. The molecule has 1 saturated heterocycles. The fraction of sp³-hybridized carbons (Fsp3) is 0.600. The number of thioether (sulfide) groups is 1. The number of amides is 2. The second-order valence-corrected chi connectivity index (χ2v) is 11.9. The molecule has 168 valence electrons. The predicted molar refractivity (Wildman–Crippen MR) is 118 cm³/mol. The number of hydrogen-bond acceptors (Lipinski definition) is 6. The first-order chi connectivity index (χ1) is 13.6. The third-order valence-electron chi connectivity index (χ3n) is 4.08. The number of carbonyl (C=O) groups is 2. The van der Waals surface area contributed by atoms with Crippen molar-refractivity contribution in [1.29, 1.82) is 0 Å². The average molecular weight is 458 g/mol. The van der Waals surface area contributed by atoms with E-state index in [0.29, 0.717) is 11.6 Å². The van der Waals surface area contributed by atoms with Gasteiger partial charge in [0.2, 0.25) is 15.9 Å². The Morgan fingerprint density at radius 3 is 2.30 bits per heavy atom. The number of rotatable bonds is 5. The van der Waals surface area contributed by atoms with Crippen molar-refractivity contribution in [2.24, 2.45) is 0 Å². The number of ether oxygens (including phenoxy) is 1. The van der Waals surface area contributed by atoms with Gasteiger partial charge in [0.15, 0.2) is 0 Å². The van der Waals surface area contributed by atoms with Gasteiger partial charge in [-0.3, -0.25) is 9.59 Å². The molecule has 0 radical (unpaired) electrons. The molecule has 0 saturated carbocycles. The molecule has 0 spiro atoms. The molecule has 2 amide bonds. The molecule has 1 unspecified atom stereocenters. The first-order valence-electron chi connectivity index (χ1n) is 9.57. The molecule has 1 fully saturated rings. The standard InChI is InChI=1S/C20H31N3O5S2/c1-19(2,3)21-17(24)14-11-29-12-23(14)18(25)13-8-9-15(28-7)16(10-13)30(26,27)22-20(4,5)6/h8-10,14,22H,11-12H2,1-7H3,(H,21,24). The highest BCUT2D eigenvalue weighted by atomic mass is 32.2. The van der Waals surface area contributed by atoms with E-state index in [1.54, 1.807) is 20.8 Å². The molecular weight excluding hydrogens is 426 g/mol. The Bertz CT molecular complexity index is 917. The molecule has 1 aliphatic heterocycles. The number of hydrogen-bond donors (Lipinski definition) is 2. The second-order valence-electron chi connectivity index (χ2n) is 9.25. The lowest BCUT2D eigenvalue weighted by Gasteiger charge is -2.28. The Morgan fingerprint density at radius 1 is 1.13 bits per heavy atom. The molecule has 0 bridgehead atoms. The van der Waals surface area contributed by atoms with Crippen LogP contribution in [0.3, 0.4) is 0 Å². The van der Waals surface area contributed by atoms with Crippen molar-refractivity contribution in [3.05, 3.63) is 23.8 Å². The van der Waals surface area contributed by atoms with Crippen LogP contribution in [0.5, 0.6) is 5.75 Å². The molecule has 1 aromatic rings. The zero-order chi connectivity index (χ0) is 22.9. The summed E-state index contributed by atoms with van der Waals surface area (Å²) in [7, 11) is -2.55. The van der Waals surface area contributed by atoms with E-state index in [4.69, 9.17) is 4.74 Å². The van der Waals surface area contributed by atoms with E-state index in [0.717, 1.165) is 0 Å². The van der Waals surface area contributed by atoms with Crippen LogP contribution in [0.25, 0.3) is 0 Å². The van der Waals surface area contributed by atoms with Gasteiger partial charge in [-0.05, 0) is 59.7 Å². The van der Waals surface area contributed by atoms with Crippen molar-refractivity contribution >= 4 is 33.6 Å². The van der Waals surface area contributed by atoms with Crippen molar-refractivity contribution in [3.63, 3.8) is 0 Å². The summed E-state index contributed by atoms with van der Waals surface area (Å²) in [6, 6.07) is 3.66. The maximum atomic E-state index is 13.2. The molecule has 2 N–H and O–H groups in total. The minimum atomic E-state index is -3.92. The first kappa shape index (κ1) is 24.5. The van der Waals surface area contributed by atoms with Crippen molar-refractivity contribution in [2.45, 2.75) is 63.6 Å². The van der Waals surface area contributed by atoms with Gasteiger partial charge < -0.3 is 15.0 Å². The Morgan fingerprint density at radius 2 is 1.77 bits per heavy atom. The number of nitrogens with one attached hydrogen (secondary N) is 2. The van der Waals surface area contributed by atoms with Crippen LogP contribution in [0.15, 0.2) is 23.1 Å². The minimum Gasteiger partial charge on any atom is -0.495 e. The molecule has 1 aromatic carbocycles. The average Bonchev–Trinajstić information content (AvgIpc) is 3.07. The van der Waals surface area contributed by atoms with Crippen LogP contribution in [0.2, 0.25) is 0 Å². The summed E-state index contributed by atoms with van der Waals surface area (Å²) in [6.45, 7) is 10.8. The molecule has 10 heteroatoms. The minimum absolute atomic E-state index is 0.117. The van der Waals surface area contributed by atoms with Crippen molar-refractivity contribution in [2.75, 3.05) is 18.7 Å². The monoisotopic (exact) mass is 457 g/mol. The zero-order valence-corrected chi connectivity index (χ0v) is 20.2. The number of sulfonamides is 1. The van der Waals surface area contributed by atoms with Gasteiger partial charge in [0.25, 0.3) is 5.91 Å². The van der Waals surface area contributed by atoms with Crippen molar-refractivity contribution in [3.8, 4) is 5.75 Å². The third kappa shape index (κ3) is 6.12. The molecule has 1 aliphatic rings. The highest BCUT2D eigenvalue weighted by Crippen LogP contribution is 2.29. The molecular formula is C20H31N3O5S2.